The molecule has 0 aromatic heterocycles. The minimum absolute atomic E-state index is 0.107. The zero-order chi connectivity index (χ0) is 18.8. The van der Waals surface area contributed by atoms with Crippen LogP contribution in [0.15, 0.2) is 47.4 Å². The molecule has 0 unspecified atom stereocenters. The lowest BCUT2D eigenvalue weighted by molar-refractivity contribution is -0.385. The number of benzene rings is 2. The van der Waals surface area contributed by atoms with Crippen LogP contribution in [0.1, 0.15) is 13.8 Å². The zero-order valence-corrected chi connectivity index (χ0v) is 15.4. The second kappa shape index (κ2) is 7.10. The average molecular weight is 363 g/mol. The fourth-order valence-electron chi connectivity index (χ4n) is 2.29. The molecule has 8 heteroatoms. The van der Waals surface area contributed by atoms with Crippen LogP contribution in [0.3, 0.4) is 0 Å². The number of nitro groups is 1. The number of anilines is 3. The van der Waals surface area contributed by atoms with Gasteiger partial charge in [0.2, 0.25) is 0 Å². The van der Waals surface area contributed by atoms with Crippen LogP contribution >= 0.6 is 0 Å². The van der Waals surface area contributed by atoms with Gasteiger partial charge in [-0.05, 0) is 38.1 Å². The minimum Gasteiger partial charge on any atom is -0.372 e. The van der Waals surface area contributed by atoms with Crippen LogP contribution in [0.25, 0.3) is 0 Å². The molecule has 0 saturated carbocycles. The SMILES string of the molecule is CC(C)N(C)c1cccc(Nc2ccc([N+](=O)[O-])cc2S(C)(=O)=O)c1. The van der Waals surface area contributed by atoms with Crippen molar-refractivity contribution in [3.8, 4) is 0 Å². The maximum Gasteiger partial charge on any atom is 0.270 e. The highest BCUT2D eigenvalue weighted by Gasteiger charge is 2.18. The average Bonchev–Trinajstić information content (AvgIpc) is 2.53. The van der Waals surface area contributed by atoms with Crippen LogP contribution in [-0.4, -0.2) is 32.7 Å². The third-order valence-corrected chi connectivity index (χ3v) is 5.02. The fraction of sp³-hybridized carbons (Fsp3) is 0.294. The molecule has 2 rings (SSSR count). The third-order valence-electron chi connectivity index (χ3n) is 3.88. The molecule has 0 spiro atoms. The number of nitro benzene ring substituents is 1. The van der Waals surface area contributed by atoms with Gasteiger partial charge in [0.05, 0.1) is 15.5 Å². The smallest absolute Gasteiger partial charge is 0.270 e. The molecule has 0 amide bonds. The summed E-state index contributed by atoms with van der Waals surface area (Å²) in [6, 6.07) is 11.6. The van der Waals surface area contributed by atoms with Crippen molar-refractivity contribution < 1.29 is 13.3 Å². The number of sulfone groups is 1. The largest absolute Gasteiger partial charge is 0.372 e. The number of nitrogens with zero attached hydrogens (tertiary/aromatic N) is 2. The van der Waals surface area contributed by atoms with Gasteiger partial charge < -0.3 is 10.2 Å². The van der Waals surface area contributed by atoms with Crippen LogP contribution in [0.2, 0.25) is 0 Å². The minimum atomic E-state index is -3.63. The lowest BCUT2D eigenvalue weighted by atomic mass is 10.2. The molecule has 2 aromatic rings. The first kappa shape index (κ1) is 18.7. The molecule has 0 atom stereocenters. The lowest BCUT2D eigenvalue weighted by Gasteiger charge is -2.24. The number of non-ortho nitro benzene ring substituents is 1. The normalized spacial score (nSPS) is 11.4. The van der Waals surface area contributed by atoms with Gasteiger partial charge in [-0.2, -0.15) is 0 Å². The maximum absolute atomic E-state index is 12.0. The van der Waals surface area contributed by atoms with E-state index in [2.05, 4.69) is 24.1 Å². The Balaban J connectivity index is 2.44. The highest BCUT2D eigenvalue weighted by atomic mass is 32.2. The summed E-state index contributed by atoms with van der Waals surface area (Å²) in [5.41, 5.74) is 1.71. The van der Waals surface area contributed by atoms with Crippen molar-refractivity contribution in [3.63, 3.8) is 0 Å². The van der Waals surface area contributed by atoms with E-state index in [1.165, 1.54) is 12.1 Å². The van der Waals surface area contributed by atoms with Crippen molar-refractivity contribution in [3.05, 3.63) is 52.6 Å². The van der Waals surface area contributed by atoms with Gasteiger partial charge in [-0.1, -0.05) is 6.07 Å². The van der Waals surface area contributed by atoms with Crippen molar-refractivity contribution in [1.29, 1.82) is 0 Å². The summed E-state index contributed by atoms with van der Waals surface area (Å²) in [6.07, 6.45) is 1.03. The van der Waals surface area contributed by atoms with Crippen molar-refractivity contribution >= 4 is 32.6 Å². The van der Waals surface area contributed by atoms with Crippen LogP contribution in [0.4, 0.5) is 22.7 Å². The summed E-state index contributed by atoms with van der Waals surface area (Å²) < 4.78 is 24.0. The topological polar surface area (TPSA) is 92.5 Å². The summed E-state index contributed by atoms with van der Waals surface area (Å²) in [5.74, 6) is 0. The first-order valence-electron chi connectivity index (χ1n) is 7.68. The standard InChI is InChI=1S/C17H21N3O4S/c1-12(2)19(3)14-7-5-6-13(10-14)18-16-9-8-15(20(21)22)11-17(16)25(4,23)24/h5-12,18H,1-4H3. The first-order chi connectivity index (χ1) is 11.6. The van der Waals surface area contributed by atoms with E-state index in [-0.39, 0.29) is 10.6 Å². The summed E-state index contributed by atoms with van der Waals surface area (Å²) in [4.78, 5) is 12.3. The molecule has 0 aliphatic rings. The molecule has 0 fully saturated rings. The van der Waals surface area contributed by atoms with E-state index in [0.29, 0.717) is 17.4 Å². The summed E-state index contributed by atoms with van der Waals surface area (Å²) in [5, 5.41) is 14.0. The Hall–Kier alpha value is -2.61. The van der Waals surface area contributed by atoms with E-state index in [4.69, 9.17) is 0 Å². The van der Waals surface area contributed by atoms with Gasteiger partial charge in [0, 0.05) is 42.9 Å². The second-order valence-corrected chi connectivity index (χ2v) is 8.07. The fourth-order valence-corrected chi connectivity index (χ4v) is 3.14. The Morgan fingerprint density at radius 3 is 2.40 bits per heavy atom. The van der Waals surface area contributed by atoms with Crippen molar-refractivity contribution in [2.24, 2.45) is 0 Å². The number of nitrogens with one attached hydrogen (secondary N) is 1. The van der Waals surface area contributed by atoms with Gasteiger partial charge in [-0.3, -0.25) is 10.1 Å². The van der Waals surface area contributed by atoms with Gasteiger partial charge in [-0.15, -0.1) is 0 Å². The predicted molar refractivity (Wildman–Crippen MR) is 99.5 cm³/mol. The molecule has 134 valence electrons. The molecule has 7 nitrogen and oxygen atoms in total. The van der Waals surface area contributed by atoms with E-state index in [9.17, 15) is 18.5 Å². The highest BCUT2D eigenvalue weighted by Crippen LogP contribution is 2.30. The van der Waals surface area contributed by atoms with Gasteiger partial charge in [-0.25, -0.2) is 8.42 Å². The van der Waals surface area contributed by atoms with Crippen molar-refractivity contribution in [2.75, 3.05) is 23.5 Å². The molecular weight excluding hydrogens is 342 g/mol. The number of hydrogen-bond donors (Lipinski definition) is 1. The maximum atomic E-state index is 12.0. The van der Waals surface area contributed by atoms with Crippen LogP contribution in [0, 0.1) is 10.1 Å². The summed E-state index contributed by atoms with van der Waals surface area (Å²) >= 11 is 0. The second-order valence-electron chi connectivity index (χ2n) is 6.09. The summed E-state index contributed by atoms with van der Waals surface area (Å²) in [6.45, 7) is 4.14. The molecule has 0 aliphatic carbocycles. The Morgan fingerprint density at radius 1 is 1.16 bits per heavy atom. The quantitative estimate of drug-likeness (QED) is 0.623. The molecular formula is C17H21N3O4S. The molecule has 0 saturated heterocycles. The predicted octanol–water partition coefficient (Wildman–Crippen LogP) is 3.59. The monoisotopic (exact) mass is 363 g/mol. The molecule has 0 heterocycles. The zero-order valence-electron chi connectivity index (χ0n) is 14.6. The van der Waals surface area contributed by atoms with E-state index < -0.39 is 14.8 Å². The van der Waals surface area contributed by atoms with E-state index >= 15 is 0 Å². The Morgan fingerprint density at radius 2 is 1.84 bits per heavy atom. The van der Waals surface area contributed by atoms with Gasteiger partial charge in [0.15, 0.2) is 9.84 Å². The number of rotatable bonds is 6. The Labute approximate surface area is 147 Å². The first-order valence-corrected chi connectivity index (χ1v) is 9.57. The van der Waals surface area contributed by atoms with Gasteiger partial charge in [0.25, 0.3) is 5.69 Å². The molecule has 0 aliphatic heterocycles. The molecule has 0 radical (unpaired) electrons. The van der Waals surface area contributed by atoms with Crippen molar-refractivity contribution in [1.82, 2.24) is 0 Å². The third kappa shape index (κ3) is 4.48. The molecule has 1 N–H and O–H groups in total. The number of hydrogen-bond acceptors (Lipinski definition) is 6. The van der Waals surface area contributed by atoms with Gasteiger partial charge in [0.1, 0.15) is 0 Å². The molecule has 25 heavy (non-hydrogen) atoms. The van der Waals surface area contributed by atoms with E-state index in [0.717, 1.165) is 18.0 Å². The Kier molecular flexibility index (Phi) is 5.32. The molecule has 2 aromatic carbocycles. The molecule has 0 bridgehead atoms. The van der Waals surface area contributed by atoms with Crippen molar-refractivity contribution in [2.45, 2.75) is 24.8 Å². The van der Waals surface area contributed by atoms with Crippen LogP contribution in [0.5, 0.6) is 0 Å². The Bertz CT molecular complexity index is 895. The van der Waals surface area contributed by atoms with Crippen LogP contribution in [-0.2, 0) is 9.84 Å². The van der Waals surface area contributed by atoms with Gasteiger partial charge >= 0.3 is 0 Å². The lowest BCUT2D eigenvalue weighted by Crippen LogP contribution is -2.25. The highest BCUT2D eigenvalue weighted by molar-refractivity contribution is 7.90. The van der Waals surface area contributed by atoms with E-state index in [1.807, 2.05) is 31.3 Å². The van der Waals surface area contributed by atoms with E-state index in [1.54, 1.807) is 0 Å². The van der Waals surface area contributed by atoms with Crippen LogP contribution < -0.4 is 10.2 Å². The summed E-state index contributed by atoms with van der Waals surface area (Å²) in [7, 11) is -1.66.